The number of aryl methyl sites for hydroxylation is 1. The molecule has 0 spiro atoms. The van der Waals surface area contributed by atoms with E-state index in [9.17, 15) is 23.1 Å². The van der Waals surface area contributed by atoms with E-state index in [0.717, 1.165) is 16.4 Å². The quantitative estimate of drug-likeness (QED) is 0.561. The number of halogens is 3. The van der Waals surface area contributed by atoms with Crippen molar-refractivity contribution in [2.45, 2.75) is 31.6 Å². The Balaban J connectivity index is 1.70. The minimum atomic E-state index is -4.56. The number of phenols is 1. The third kappa shape index (κ3) is 3.53. The van der Waals surface area contributed by atoms with Crippen molar-refractivity contribution in [3.8, 4) is 5.75 Å². The van der Waals surface area contributed by atoms with Crippen molar-refractivity contribution in [1.29, 1.82) is 0 Å². The van der Waals surface area contributed by atoms with Crippen molar-refractivity contribution >= 4 is 17.4 Å². The second kappa shape index (κ2) is 6.87. The zero-order valence-corrected chi connectivity index (χ0v) is 15.2. The molecule has 0 saturated heterocycles. The van der Waals surface area contributed by atoms with E-state index in [2.05, 4.69) is 15.7 Å². The number of nitrogens with one attached hydrogen (secondary N) is 2. The molecule has 1 amide bonds. The number of phenolic OH excluding ortho intramolecular Hbond substituents is 1. The van der Waals surface area contributed by atoms with Crippen LogP contribution in [0.15, 0.2) is 47.2 Å². The van der Waals surface area contributed by atoms with E-state index in [4.69, 9.17) is 4.42 Å². The van der Waals surface area contributed by atoms with Crippen LogP contribution in [0.4, 0.5) is 24.7 Å². The number of nitrogens with zero attached hydrogens (tertiary/aromatic N) is 2. The molecule has 1 aromatic carbocycles. The number of rotatable bonds is 3. The Labute approximate surface area is 163 Å². The van der Waals surface area contributed by atoms with Crippen molar-refractivity contribution < 1.29 is 27.5 Å². The van der Waals surface area contributed by atoms with Gasteiger partial charge in [0.25, 0.3) is 5.91 Å². The fourth-order valence-corrected chi connectivity index (χ4v) is 3.34. The summed E-state index contributed by atoms with van der Waals surface area (Å²) < 4.78 is 46.9. The molecule has 0 bridgehead atoms. The number of aromatic nitrogens is 2. The van der Waals surface area contributed by atoms with E-state index in [1.54, 1.807) is 31.2 Å². The fraction of sp³-hybridized carbons (Fsp3) is 0.263. The number of furan rings is 1. The molecule has 1 aliphatic heterocycles. The molecule has 0 radical (unpaired) electrons. The van der Waals surface area contributed by atoms with E-state index in [-0.39, 0.29) is 29.2 Å². The Morgan fingerprint density at radius 3 is 2.86 bits per heavy atom. The second-order valence-electron chi connectivity index (χ2n) is 6.83. The number of carbonyl (C=O) groups is 1. The van der Waals surface area contributed by atoms with Crippen LogP contribution in [0.1, 0.15) is 40.2 Å². The molecular weight excluding hydrogens is 389 g/mol. The zero-order valence-electron chi connectivity index (χ0n) is 15.2. The van der Waals surface area contributed by atoms with Crippen LogP contribution in [0.3, 0.4) is 0 Å². The van der Waals surface area contributed by atoms with Gasteiger partial charge >= 0.3 is 6.18 Å². The first-order chi connectivity index (χ1) is 13.7. The summed E-state index contributed by atoms with van der Waals surface area (Å²) in [5.74, 6) is -0.584. The monoisotopic (exact) mass is 406 g/mol. The van der Waals surface area contributed by atoms with E-state index < -0.39 is 24.2 Å². The molecule has 4 rings (SSSR count). The first-order valence-corrected chi connectivity index (χ1v) is 8.79. The Morgan fingerprint density at radius 1 is 1.38 bits per heavy atom. The summed E-state index contributed by atoms with van der Waals surface area (Å²) in [5.41, 5.74) is 0.875. The van der Waals surface area contributed by atoms with E-state index in [0.29, 0.717) is 5.76 Å². The fourth-order valence-electron chi connectivity index (χ4n) is 3.34. The maximum Gasteiger partial charge on any atom is 0.410 e. The maximum atomic E-state index is 13.6. The highest BCUT2D eigenvalue weighted by Gasteiger charge is 2.47. The minimum absolute atomic E-state index is 0.0652. The molecular formula is C19H17F3N4O3. The van der Waals surface area contributed by atoms with Crippen LogP contribution in [-0.4, -0.2) is 27.0 Å². The van der Waals surface area contributed by atoms with Gasteiger partial charge in [0.2, 0.25) is 0 Å². The molecule has 3 heterocycles. The lowest BCUT2D eigenvalue weighted by Crippen LogP contribution is -2.36. The van der Waals surface area contributed by atoms with Crippen molar-refractivity contribution in [2.75, 3.05) is 10.6 Å². The Bertz CT molecular complexity index is 1040. The van der Waals surface area contributed by atoms with Gasteiger partial charge in [0.15, 0.2) is 6.04 Å². The molecule has 1 aliphatic rings. The highest BCUT2D eigenvalue weighted by atomic mass is 19.4. The molecule has 2 atom stereocenters. The Kier molecular flexibility index (Phi) is 4.48. The van der Waals surface area contributed by atoms with Crippen LogP contribution in [0.5, 0.6) is 5.75 Å². The lowest BCUT2D eigenvalue weighted by atomic mass is 10.0. The van der Waals surface area contributed by atoms with Gasteiger partial charge in [0.1, 0.15) is 22.9 Å². The number of hydrogen-bond acceptors (Lipinski definition) is 5. The van der Waals surface area contributed by atoms with Crippen LogP contribution in [0, 0.1) is 6.92 Å². The van der Waals surface area contributed by atoms with Gasteiger partial charge in [-0.2, -0.15) is 18.3 Å². The first-order valence-electron chi connectivity index (χ1n) is 8.79. The second-order valence-corrected chi connectivity index (χ2v) is 6.83. The molecule has 3 aromatic rings. The largest absolute Gasteiger partial charge is 0.506 e. The van der Waals surface area contributed by atoms with Crippen molar-refractivity contribution in [2.24, 2.45) is 0 Å². The summed E-state index contributed by atoms with van der Waals surface area (Å²) in [4.78, 5) is 12.7. The van der Waals surface area contributed by atoms with Crippen molar-refractivity contribution in [3.05, 3.63) is 59.7 Å². The number of aromatic hydroxyl groups is 1. The number of hydrogen-bond donors (Lipinski definition) is 3. The van der Waals surface area contributed by atoms with Gasteiger partial charge < -0.3 is 20.2 Å². The van der Waals surface area contributed by atoms with Gasteiger partial charge in [-0.15, -0.1) is 0 Å². The SMILES string of the molecule is Cc1ccc(O)c(NC(=O)c2cnn3c2NC(c2ccco2)CC3C(F)(F)F)c1. The lowest BCUT2D eigenvalue weighted by molar-refractivity contribution is -0.174. The standard InChI is InChI=1S/C19H17F3N4O3/c1-10-4-5-14(27)12(7-10)25-18(28)11-9-23-26-16(19(20,21)22)8-13(24-17(11)26)15-3-2-6-29-15/h2-7,9,13,16,24,27H,8H2,1H3,(H,25,28). The first kappa shape index (κ1) is 18.9. The van der Waals surface area contributed by atoms with Gasteiger partial charge in [-0.25, -0.2) is 4.68 Å². The molecule has 152 valence electrons. The lowest BCUT2D eigenvalue weighted by Gasteiger charge is -2.32. The van der Waals surface area contributed by atoms with Gasteiger partial charge in [-0.1, -0.05) is 6.07 Å². The average Bonchev–Trinajstić information content (AvgIpc) is 3.32. The minimum Gasteiger partial charge on any atom is -0.506 e. The van der Waals surface area contributed by atoms with Crippen LogP contribution in [0.2, 0.25) is 0 Å². The normalized spacial score (nSPS) is 18.8. The maximum absolute atomic E-state index is 13.6. The Morgan fingerprint density at radius 2 is 2.17 bits per heavy atom. The molecule has 2 aromatic heterocycles. The number of carbonyl (C=O) groups excluding carboxylic acids is 1. The van der Waals surface area contributed by atoms with Crippen LogP contribution < -0.4 is 10.6 Å². The molecule has 0 saturated carbocycles. The third-order valence-corrected chi connectivity index (χ3v) is 4.77. The van der Waals surface area contributed by atoms with Gasteiger partial charge in [0.05, 0.1) is 24.2 Å². The van der Waals surface area contributed by atoms with Gasteiger partial charge in [0, 0.05) is 6.42 Å². The number of anilines is 2. The molecule has 10 heteroatoms. The average molecular weight is 406 g/mol. The van der Waals surface area contributed by atoms with Crippen LogP contribution >= 0.6 is 0 Å². The molecule has 2 unspecified atom stereocenters. The predicted octanol–water partition coefficient (Wildman–Crippen LogP) is 4.40. The molecule has 3 N–H and O–H groups in total. The summed E-state index contributed by atoms with van der Waals surface area (Å²) in [6, 6.07) is 5.10. The highest BCUT2D eigenvalue weighted by Crippen LogP contribution is 2.44. The number of amides is 1. The summed E-state index contributed by atoms with van der Waals surface area (Å²) in [7, 11) is 0. The van der Waals surface area contributed by atoms with Gasteiger partial charge in [-0.3, -0.25) is 4.79 Å². The van der Waals surface area contributed by atoms with Crippen LogP contribution in [-0.2, 0) is 0 Å². The molecule has 7 nitrogen and oxygen atoms in total. The van der Waals surface area contributed by atoms with Gasteiger partial charge in [-0.05, 0) is 36.8 Å². The van der Waals surface area contributed by atoms with E-state index in [1.165, 1.54) is 12.3 Å². The Hall–Kier alpha value is -3.43. The third-order valence-electron chi connectivity index (χ3n) is 4.77. The van der Waals surface area contributed by atoms with E-state index >= 15 is 0 Å². The summed E-state index contributed by atoms with van der Waals surface area (Å²) in [6.07, 6.45) is -2.44. The van der Waals surface area contributed by atoms with E-state index in [1.807, 2.05) is 0 Å². The topological polar surface area (TPSA) is 92.3 Å². The van der Waals surface area contributed by atoms with Crippen molar-refractivity contribution in [3.63, 3.8) is 0 Å². The predicted molar refractivity (Wildman–Crippen MR) is 97.8 cm³/mol. The molecule has 29 heavy (non-hydrogen) atoms. The van der Waals surface area contributed by atoms with Crippen LogP contribution in [0.25, 0.3) is 0 Å². The highest BCUT2D eigenvalue weighted by molar-refractivity contribution is 6.08. The summed E-state index contributed by atoms with van der Waals surface area (Å²) in [5, 5.41) is 19.2. The zero-order chi connectivity index (χ0) is 20.8. The smallest absolute Gasteiger partial charge is 0.410 e. The molecule has 0 aliphatic carbocycles. The summed E-state index contributed by atoms with van der Waals surface area (Å²) in [6.45, 7) is 1.78. The summed E-state index contributed by atoms with van der Waals surface area (Å²) >= 11 is 0. The number of alkyl halides is 3. The van der Waals surface area contributed by atoms with Crippen molar-refractivity contribution in [1.82, 2.24) is 9.78 Å². The number of benzene rings is 1. The molecule has 0 fully saturated rings. The number of fused-ring (bicyclic) bond motifs is 1.